The van der Waals surface area contributed by atoms with E-state index in [1.54, 1.807) is 0 Å². The van der Waals surface area contributed by atoms with Crippen molar-refractivity contribution in [2.24, 2.45) is 29.1 Å². The van der Waals surface area contributed by atoms with Crippen LogP contribution in [0.1, 0.15) is 52.9 Å². The second kappa shape index (κ2) is 3.96. The normalized spacial score (nSPS) is 46.2. The Kier molecular flexibility index (Phi) is 2.79. The van der Waals surface area contributed by atoms with E-state index in [1.807, 2.05) is 20.8 Å². The van der Waals surface area contributed by atoms with Gasteiger partial charge < -0.3 is 9.84 Å². The van der Waals surface area contributed by atoms with Crippen molar-refractivity contribution in [1.82, 2.24) is 0 Å². The van der Waals surface area contributed by atoms with Gasteiger partial charge in [-0.3, -0.25) is 0 Å². The topological polar surface area (TPSA) is 29.5 Å². The minimum atomic E-state index is -0.605. The zero-order valence-corrected chi connectivity index (χ0v) is 11.4. The summed E-state index contributed by atoms with van der Waals surface area (Å²) in [6.45, 7) is 6.13. The molecule has 2 heteroatoms. The van der Waals surface area contributed by atoms with E-state index in [0.717, 1.165) is 23.7 Å². The van der Waals surface area contributed by atoms with Crippen molar-refractivity contribution < 1.29 is 9.84 Å². The molecule has 6 atom stereocenters. The van der Waals surface area contributed by atoms with Gasteiger partial charge in [-0.15, -0.1) is 0 Å². The first-order valence-corrected chi connectivity index (χ1v) is 7.30. The minimum Gasteiger partial charge on any atom is -0.367 e. The van der Waals surface area contributed by atoms with Crippen molar-refractivity contribution in [1.29, 1.82) is 0 Å². The fraction of sp³-hybridized carbons (Fsp3) is 1.00. The molecule has 3 aliphatic rings. The number of hydrogen-bond acceptors (Lipinski definition) is 2. The monoisotopic (exact) mass is 238 g/mol. The average Bonchev–Trinajstić information content (AvgIpc) is 2.85. The fourth-order valence-electron chi connectivity index (χ4n) is 4.53. The highest BCUT2D eigenvalue weighted by molar-refractivity contribution is 5.03. The summed E-state index contributed by atoms with van der Waals surface area (Å²) in [5, 5.41) is 10.1. The summed E-state index contributed by atoms with van der Waals surface area (Å²) in [6, 6.07) is 0. The van der Waals surface area contributed by atoms with Crippen LogP contribution in [0.2, 0.25) is 0 Å². The van der Waals surface area contributed by atoms with Gasteiger partial charge in [-0.05, 0) is 49.4 Å². The van der Waals surface area contributed by atoms with Crippen LogP contribution in [0.15, 0.2) is 0 Å². The van der Waals surface area contributed by atoms with Crippen molar-refractivity contribution in [3.63, 3.8) is 0 Å². The van der Waals surface area contributed by atoms with Crippen LogP contribution in [0.3, 0.4) is 0 Å². The van der Waals surface area contributed by atoms with Gasteiger partial charge in [-0.25, -0.2) is 0 Å². The molecule has 3 saturated carbocycles. The lowest BCUT2D eigenvalue weighted by atomic mass is 9.80. The van der Waals surface area contributed by atoms with E-state index in [4.69, 9.17) is 4.74 Å². The SMILES string of the molecule is CC(C)(C)C(O)OC1C[C@H]2CC1C1CCCC12. The molecule has 3 fully saturated rings. The number of fused-ring (bicyclic) bond motifs is 5. The van der Waals surface area contributed by atoms with Crippen LogP contribution in [-0.2, 0) is 4.74 Å². The first-order chi connectivity index (χ1) is 7.97. The van der Waals surface area contributed by atoms with Crippen molar-refractivity contribution in [3.8, 4) is 0 Å². The van der Waals surface area contributed by atoms with Crippen LogP contribution in [0.5, 0.6) is 0 Å². The Labute approximate surface area is 105 Å². The zero-order chi connectivity index (χ0) is 12.2. The molecule has 2 bridgehead atoms. The maximum atomic E-state index is 10.1. The molecule has 0 amide bonds. The van der Waals surface area contributed by atoms with Crippen LogP contribution in [0.25, 0.3) is 0 Å². The molecule has 0 spiro atoms. The average molecular weight is 238 g/mol. The van der Waals surface area contributed by atoms with E-state index in [9.17, 15) is 5.11 Å². The maximum Gasteiger partial charge on any atom is 0.159 e. The standard InChI is InChI=1S/C15H26O2/c1-15(2,3)14(16)17-13-8-9-7-12(13)11-6-4-5-10(9)11/h9-14,16H,4-8H2,1-3H3/t9-,10?,11?,12?,13?,14?/m1/s1. The minimum absolute atomic E-state index is 0.156. The molecule has 17 heavy (non-hydrogen) atoms. The van der Waals surface area contributed by atoms with Crippen LogP contribution in [-0.4, -0.2) is 17.5 Å². The van der Waals surface area contributed by atoms with Gasteiger partial charge in [-0.2, -0.15) is 0 Å². The number of hydrogen-bond donors (Lipinski definition) is 1. The highest BCUT2D eigenvalue weighted by Gasteiger charge is 2.54. The van der Waals surface area contributed by atoms with E-state index in [2.05, 4.69) is 0 Å². The summed E-state index contributed by atoms with van der Waals surface area (Å²) < 4.78 is 5.97. The molecule has 0 heterocycles. The van der Waals surface area contributed by atoms with Crippen LogP contribution >= 0.6 is 0 Å². The largest absolute Gasteiger partial charge is 0.367 e. The fourth-order valence-corrected chi connectivity index (χ4v) is 4.53. The van der Waals surface area contributed by atoms with Gasteiger partial charge in [0.25, 0.3) is 0 Å². The molecule has 1 N–H and O–H groups in total. The molecular weight excluding hydrogens is 212 g/mol. The second-order valence-electron chi connectivity index (χ2n) is 7.55. The molecule has 3 rings (SSSR count). The lowest BCUT2D eigenvalue weighted by Gasteiger charge is -2.36. The highest BCUT2D eigenvalue weighted by atomic mass is 16.6. The quantitative estimate of drug-likeness (QED) is 0.749. The molecule has 0 aliphatic heterocycles. The van der Waals surface area contributed by atoms with Gasteiger partial charge in [0.15, 0.2) is 6.29 Å². The molecular formula is C15H26O2. The third-order valence-corrected chi connectivity index (χ3v) is 5.41. The van der Waals surface area contributed by atoms with Crippen molar-refractivity contribution in [3.05, 3.63) is 0 Å². The first kappa shape index (κ1) is 12.0. The third-order valence-electron chi connectivity index (χ3n) is 5.41. The zero-order valence-electron chi connectivity index (χ0n) is 11.4. The van der Waals surface area contributed by atoms with Gasteiger partial charge in [0.1, 0.15) is 0 Å². The van der Waals surface area contributed by atoms with Gasteiger partial charge in [0.2, 0.25) is 0 Å². The molecule has 3 aliphatic carbocycles. The Morgan fingerprint density at radius 2 is 1.76 bits per heavy atom. The summed E-state index contributed by atoms with van der Waals surface area (Å²) in [5.41, 5.74) is -0.156. The van der Waals surface area contributed by atoms with Gasteiger partial charge in [-0.1, -0.05) is 27.2 Å². The summed E-state index contributed by atoms with van der Waals surface area (Å²) in [4.78, 5) is 0. The van der Waals surface area contributed by atoms with Crippen molar-refractivity contribution >= 4 is 0 Å². The number of aliphatic hydroxyl groups excluding tert-OH is 1. The van der Waals surface area contributed by atoms with Gasteiger partial charge in [0, 0.05) is 5.41 Å². The summed E-state index contributed by atoms with van der Waals surface area (Å²) >= 11 is 0. The van der Waals surface area contributed by atoms with E-state index in [-0.39, 0.29) is 5.41 Å². The molecule has 0 radical (unpaired) electrons. The number of rotatable bonds is 2. The molecule has 5 unspecified atom stereocenters. The van der Waals surface area contributed by atoms with Crippen LogP contribution in [0.4, 0.5) is 0 Å². The Hall–Kier alpha value is -0.0800. The van der Waals surface area contributed by atoms with Crippen LogP contribution < -0.4 is 0 Å². The summed E-state index contributed by atoms with van der Waals surface area (Å²) in [5.74, 6) is 3.59. The number of aliphatic hydroxyl groups is 1. The van der Waals surface area contributed by atoms with Gasteiger partial charge in [0.05, 0.1) is 6.10 Å². The van der Waals surface area contributed by atoms with E-state index in [1.165, 1.54) is 32.1 Å². The summed E-state index contributed by atoms with van der Waals surface area (Å²) in [7, 11) is 0. The molecule has 0 aromatic rings. The molecule has 0 saturated heterocycles. The van der Waals surface area contributed by atoms with E-state index in [0.29, 0.717) is 6.10 Å². The number of ether oxygens (including phenoxy) is 1. The lowest BCUT2D eigenvalue weighted by Crippen LogP contribution is -2.38. The van der Waals surface area contributed by atoms with Gasteiger partial charge >= 0.3 is 0 Å². The second-order valence-corrected chi connectivity index (χ2v) is 7.55. The maximum absolute atomic E-state index is 10.1. The molecule has 0 aromatic heterocycles. The predicted octanol–water partition coefficient (Wildman–Crippen LogP) is 3.19. The van der Waals surface area contributed by atoms with Crippen molar-refractivity contribution in [2.45, 2.75) is 65.3 Å². The lowest BCUT2D eigenvalue weighted by molar-refractivity contribution is -0.202. The Morgan fingerprint density at radius 3 is 2.47 bits per heavy atom. The molecule has 98 valence electrons. The predicted molar refractivity (Wildman–Crippen MR) is 67.4 cm³/mol. The molecule has 0 aromatic carbocycles. The van der Waals surface area contributed by atoms with E-state index >= 15 is 0 Å². The van der Waals surface area contributed by atoms with Crippen molar-refractivity contribution in [2.75, 3.05) is 0 Å². The van der Waals surface area contributed by atoms with E-state index < -0.39 is 6.29 Å². The first-order valence-electron chi connectivity index (χ1n) is 7.30. The third kappa shape index (κ3) is 1.94. The van der Waals surface area contributed by atoms with Crippen LogP contribution in [0, 0.1) is 29.1 Å². The Bertz CT molecular complexity index is 294. The smallest absolute Gasteiger partial charge is 0.159 e. The Balaban J connectivity index is 1.64. The molecule has 2 nitrogen and oxygen atoms in total. The highest BCUT2D eigenvalue weighted by Crippen LogP contribution is 2.59. The Morgan fingerprint density at radius 1 is 1.06 bits per heavy atom. The summed E-state index contributed by atoms with van der Waals surface area (Å²) in [6.07, 6.45) is 6.62.